The molecule has 9 heteroatoms. The first-order valence-electron chi connectivity index (χ1n) is 9.22. The SMILES string of the molecule is COc1cc(OC)cc(N2CCC(NC(=O)C(N)C3CCOCC3)C2)c1.Cl.Cl. The predicted molar refractivity (Wildman–Crippen MR) is 114 cm³/mol. The van der Waals surface area contributed by atoms with Gasteiger partial charge in [-0.05, 0) is 25.2 Å². The van der Waals surface area contributed by atoms with Crippen LogP contribution in [0.15, 0.2) is 18.2 Å². The van der Waals surface area contributed by atoms with Gasteiger partial charge in [0.15, 0.2) is 0 Å². The van der Waals surface area contributed by atoms with E-state index in [1.807, 2.05) is 18.2 Å². The molecule has 2 fully saturated rings. The molecule has 0 aliphatic carbocycles. The van der Waals surface area contributed by atoms with Crippen LogP contribution in [0.1, 0.15) is 19.3 Å². The van der Waals surface area contributed by atoms with Crippen LogP contribution in [0.25, 0.3) is 0 Å². The smallest absolute Gasteiger partial charge is 0.237 e. The lowest BCUT2D eigenvalue weighted by Crippen LogP contribution is -2.50. The summed E-state index contributed by atoms with van der Waals surface area (Å²) in [5.41, 5.74) is 7.21. The van der Waals surface area contributed by atoms with Crippen molar-refractivity contribution in [3.8, 4) is 11.5 Å². The third-order valence-electron chi connectivity index (χ3n) is 5.31. The van der Waals surface area contributed by atoms with Crippen LogP contribution in [-0.4, -0.2) is 58.5 Å². The number of rotatable bonds is 6. The first kappa shape index (κ1) is 24.6. The zero-order valence-electron chi connectivity index (χ0n) is 16.4. The van der Waals surface area contributed by atoms with Gasteiger partial charge in [0.2, 0.25) is 5.91 Å². The fraction of sp³-hybridized carbons (Fsp3) is 0.632. The van der Waals surface area contributed by atoms with Crippen molar-refractivity contribution in [3.05, 3.63) is 18.2 Å². The van der Waals surface area contributed by atoms with E-state index < -0.39 is 6.04 Å². The van der Waals surface area contributed by atoms with Crippen LogP contribution >= 0.6 is 24.8 Å². The molecule has 2 atom stereocenters. The van der Waals surface area contributed by atoms with Crippen molar-refractivity contribution < 1.29 is 19.0 Å². The second-order valence-electron chi connectivity index (χ2n) is 6.99. The second-order valence-corrected chi connectivity index (χ2v) is 6.99. The Morgan fingerprint density at radius 1 is 1.14 bits per heavy atom. The van der Waals surface area contributed by atoms with E-state index in [2.05, 4.69) is 10.2 Å². The number of hydrogen-bond donors (Lipinski definition) is 2. The van der Waals surface area contributed by atoms with Crippen molar-refractivity contribution in [3.63, 3.8) is 0 Å². The summed E-state index contributed by atoms with van der Waals surface area (Å²) in [4.78, 5) is 14.7. The summed E-state index contributed by atoms with van der Waals surface area (Å²) in [6, 6.07) is 5.47. The normalized spacial score (nSPS) is 20.5. The quantitative estimate of drug-likeness (QED) is 0.710. The van der Waals surface area contributed by atoms with Crippen molar-refractivity contribution in [2.24, 2.45) is 11.7 Å². The van der Waals surface area contributed by atoms with Crippen molar-refractivity contribution in [2.75, 3.05) is 45.4 Å². The van der Waals surface area contributed by atoms with Crippen molar-refractivity contribution in [1.29, 1.82) is 0 Å². The molecule has 2 heterocycles. The zero-order chi connectivity index (χ0) is 18.5. The number of nitrogens with zero attached hydrogens (tertiary/aromatic N) is 1. The van der Waals surface area contributed by atoms with Gasteiger partial charge in [0, 0.05) is 56.2 Å². The first-order chi connectivity index (χ1) is 12.6. The number of hydrogen-bond acceptors (Lipinski definition) is 6. The molecule has 3 N–H and O–H groups in total. The number of benzene rings is 1. The highest BCUT2D eigenvalue weighted by molar-refractivity contribution is 5.85. The highest BCUT2D eigenvalue weighted by atomic mass is 35.5. The zero-order valence-corrected chi connectivity index (χ0v) is 18.0. The molecule has 160 valence electrons. The van der Waals surface area contributed by atoms with Crippen molar-refractivity contribution in [2.45, 2.75) is 31.3 Å². The lowest BCUT2D eigenvalue weighted by molar-refractivity contribution is -0.124. The van der Waals surface area contributed by atoms with Gasteiger partial charge in [-0.15, -0.1) is 24.8 Å². The molecule has 28 heavy (non-hydrogen) atoms. The number of nitrogens with one attached hydrogen (secondary N) is 1. The lowest BCUT2D eigenvalue weighted by atomic mass is 9.91. The van der Waals surface area contributed by atoms with Gasteiger partial charge in [0.1, 0.15) is 11.5 Å². The van der Waals surface area contributed by atoms with E-state index in [-0.39, 0.29) is 42.7 Å². The molecule has 2 aliphatic heterocycles. The summed E-state index contributed by atoms with van der Waals surface area (Å²) in [5, 5.41) is 3.12. The molecular formula is C19H31Cl2N3O4. The maximum atomic E-state index is 12.5. The van der Waals surface area contributed by atoms with Gasteiger partial charge in [-0.25, -0.2) is 0 Å². The lowest BCUT2D eigenvalue weighted by Gasteiger charge is -2.28. The monoisotopic (exact) mass is 435 g/mol. The third kappa shape index (κ3) is 6.04. The van der Waals surface area contributed by atoms with Gasteiger partial charge in [0.25, 0.3) is 0 Å². The minimum atomic E-state index is -0.454. The van der Waals surface area contributed by atoms with Crippen LogP contribution in [0.4, 0.5) is 5.69 Å². The van der Waals surface area contributed by atoms with E-state index in [9.17, 15) is 4.79 Å². The number of methoxy groups -OCH3 is 2. The van der Waals surface area contributed by atoms with Gasteiger partial charge in [-0.1, -0.05) is 0 Å². The second kappa shape index (κ2) is 11.6. The molecule has 2 aliphatic rings. The summed E-state index contributed by atoms with van der Waals surface area (Å²) in [7, 11) is 3.28. The number of amides is 1. The van der Waals surface area contributed by atoms with Crippen molar-refractivity contribution >= 4 is 36.4 Å². The van der Waals surface area contributed by atoms with Crippen molar-refractivity contribution in [1.82, 2.24) is 5.32 Å². The largest absolute Gasteiger partial charge is 0.497 e. The highest BCUT2D eigenvalue weighted by Gasteiger charge is 2.30. The minimum Gasteiger partial charge on any atom is -0.497 e. The fourth-order valence-electron chi connectivity index (χ4n) is 3.67. The third-order valence-corrected chi connectivity index (χ3v) is 5.31. The molecule has 0 spiro atoms. The van der Waals surface area contributed by atoms with E-state index in [0.717, 1.165) is 49.5 Å². The summed E-state index contributed by atoms with van der Waals surface area (Å²) in [6.07, 6.45) is 2.61. The van der Waals surface area contributed by atoms with Crippen LogP contribution < -0.4 is 25.4 Å². The van der Waals surface area contributed by atoms with Gasteiger partial charge in [-0.3, -0.25) is 4.79 Å². The molecule has 1 aromatic rings. The Labute approximate surface area is 179 Å². The Bertz CT molecular complexity index is 607. The van der Waals surface area contributed by atoms with E-state index in [1.165, 1.54) is 0 Å². The number of carbonyl (C=O) groups is 1. The number of anilines is 1. The standard InChI is InChI=1S/C19H29N3O4.2ClH/c1-24-16-9-15(10-17(11-16)25-2)22-6-3-14(12-22)21-19(23)18(20)13-4-7-26-8-5-13;;/h9-11,13-14,18H,3-8,12,20H2,1-2H3,(H,21,23);2*1H. The highest BCUT2D eigenvalue weighted by Crippen LogP contribution is 2.30. The summed E-state index contributed by atoms with van der Waals surface area (Å²) in [5.74, 6) is 1.68. The van der Waals surface area contributed by atoms with Gasteiger partial charge in [0.05, 0.1) is 20.3 Å². The van der Waals surface area contributed by atoms with Gasteiger partial charge < -0.3 is 30.2 Å². The van der Waals surface area contributed by atoms with Gasteiger partial charge >= 0.3 is 0 Å². The minimum absolute atomic E-state index is 0. The number of ether oxygens (including phenoxy) is 3. The average molecular weight is 436 g/mol. The Kier molecular flexibility index (Phi) is 10.2. The number of nitrogens with two attached hydrogens (primary N) is 1. The molecule has 0 radical (unpaired) electrons. The Morgan fingerprint density at radius 3 is 2.32 bits per heavy atom. The Balaban J connectivity index is 0.00000196. The van der Waals surface area contributed by atoms with Gasteiger partial charge in [-0.2, -0.15) is 0 Å². The van der Waals surface area contributed by atoms with Crippen LogP contribution in [0.5, 0.6) is 11.5 Å². The first-order valence-corrected chi connectivity index (χ1v) is 9.22. The van der Waals surface area contributed by atoms with Crippen LogP contribution in [0, 0.1) is 5.92 Å². The summed E-state index contributed by atoms with van der Waals surface area (Å²) >= 11 is 0. The molecule has 0 saturated carbocycles. The topological polar surface area (TPSA) is 86.1 Å². The summed E-state index contributed by atoms with van der Waals surface area (Å²) < 4.78 is 16.0. The van der Waals surface area contributed by atoms with E-state index in [4.69, 9.17) is 19.9 Å². The predicted octanol–water partition coefficient (Wildman–Crippen LogP) is 2.00. The Hall–Kier alpha value is -1.41. The maximum absolute atomic E-state index is 12.5. The molecule has 7 nitrogen and oxygen atoms in total. The maximum Gasteiger partial charge on any atom is 0.237 e. The van der Waals surface area contributed by atoms with E-state index in [1.54, 1.807) is 14.2 Å². The molecule has 0 bridgehead atoms. The van der Waals surface area contributed by atoms with Crippen LogP contribution in [0.3, 0.4) is 0 Å². The number of halogens is 2. The molecular weight excluding hydrogens is 405 g/mol. The summed E-state index contributed by atoms with van der Waals surface area (Å²) in [6.45, 7) is 3.01. The number of carbonyl (C=O) groups excluding carboxylic acids is 1. The molecule has 1 amide bonds. The average Bonchev–Trinajstić information content (AvgIpc) is 3.16. The Morgan fingerprint density at radius 2 is 1.75 bits per heavy atom. The van der Waals surface area contributed by atoms with E-state index >= 15 is 0 Å². The molecule has 2 saturated heterocycles. The van der Waals surface area contributed by atoms with E-state index in [0.29, 0.717) is 13.2 Å². The van der Waals surface area contributed by atoms with Crippen LogP contribution in [0.2, 0.25) is 0 Å². The molecule has 1 aromatic carbocycles. The van der Waals surface area contributed by atoms with Crippen LogP contribution in [-0.2, 0) is 9.53 Å². The fourth-order valence-corrected chi connectivity index (χ4v) is 3.67. The molecule has 0 aromatic heterocycles. The molecule has 2 unspecified atom stereocenters. The molecule has 3 rings (SSSR count).